The van der Waals surface area contributed by atoms with Crippen molar-refractivity contribution in [3.05, 3.63) is 148 Å². The molecule has 2 fully saturated rings. The van der Waals surface area contributed by atoms with Crippen LogP contribution in [-0.2, 0) is 0 Å². The Bertz CT molecular complexity index is 2510. The van der Waals surface area contributed by atoms with Gasteiger partial charge in [0, 0.05) is 71.8 Å². The van der Waals surface area contributed by atoms with E-state index in [0.717, 1.165) is 34.7 Å². The molecule has 7 atom stereocenters. The van der Waals surface area contributed by atoms with E-state index < -0.39 is 6.10 Å². The normalized spacial score (nSPS) is 23.4. The fraction of sp³-hybridized carbons (Fsp3) is 0.286. The molecular weight excluding hydrogens is 753 g/mol. The Balaban J connectivity index is 0.766. The first kappa shape index (κ1) is 37.2. The lowest BCUT2D eigenvalue weighted by molar-refractivity contribution is 0.170. The van der Waals surface area contributed by atoms with Crippen molar-refractivity contribution in [3.63, 3.8) is 0 Å². The van der Waals surface area contributed by atoms with Gasteiger partial charge in [0.15, 0.2) is 0 Å². The molecule has 0 bridgehead atoms. The summed E-state index contributed by atoms with van der Waals surface area (Å²) in [6.45, 7) is 0. The Kier molecular flexibility index (Phi) is 10.4. The number of hydrogen-bond acceptors (Lipinski definition) is 14. The highest BCUT2D eigenvalue weighted by Crippen LogP contribution is 2.53. The summed E-state index contributed by atoms with van der Waals surface area (Å²) in [5.74, 6) is 2.66. The minimum atomic E-state index is -0.594. The highest BCUT2D eigenvalue weighted by atomic mass is 32.2. The van der Waals surface area contributed by atoms with E-state index in [-0.39, 0.29) is 47.1 Å². The third kappa shape index (κ3) is 8.19. The number of nitrogens with one attached hydrogen (secondary N) is 4. The van der Waals surface area contributed by atoms with Crippen molar-refractivity contribution in [1.82, 2.24) is 39.0 Å². The number of aliphatic hydroxyl groups excluding tert-OH is 1. The first-order chi connectivity index (χ1) is 28.4. The molecule has 16 heteroatoms. The number of rotatable bonds is 13. The predicted octanol–water partition coefficient (Wildman–Crippen LogP) is 4.99. The summed E-state index contributed by atoms with van der Waals surface area (Å²) < 4.78 is 3.18. The molecule has 0 aliphatic heterocycles. The maximum atomic E-state index is 13.7. The van der Waals surface area contributed by atoms with Gasteiger partial charge >= 0.3 is 0 Å². The number of aliphatic hydroxyl groups is 1. The average Bonchev–Trinajstić information content (AvgIpc) is 3.80. The van der Waals surface area contributed by atoms with E-state index in [9.17, 15) is 14.7 Å². The van der Waals surface area contributed by atoms with Crippen molar-refractivity contribution in [2.45, 2.75) is 72.7 Å². The smallest absolute Gasteiger partial charge is 0.258 e. The van der Waals surface area contributed by atoms with Crippen LogP contribution in [0.15, 0.2) is 131 Å². The molecule has 58 heavy (non-hydrogen) atoms. The Morgan fingerprint density at radius 3 is 2.02 bits per heavy atom. The first-order valence-electron chi connectivity index (χ1n) is 19.3. The fourth-order valence-corrected chi connectivity index (χ4v) is 8.12. The summed E-state index contributed by atoms with van der Waals surface area (Å²) in [6.07, 6.45) is 22.6. The van der Waals surface area contributed by atoms with Gasteiger partial charge in [-0.05, 0) is 85.7 Å². The molecule has 0 amide bonds. The van der Waals surface area contributed by atoms with Gasteiger partial charge in [-0.15, -0.1) is 11.8 Å². The van der Waals surface area contributed by atoms with Crippen LogP contribution < -0.4 is 32.4 Å². The van der Waals surface area contributed by atoms with Crippen LogP contribution in [0.2, 0.25) is 0 Å². The molecule has 6 aromatic rings. The van der Waals surface area contributed by atoms with Crippen molar-refractivity contribution in [3.8, 4) is 11.4 Å². The molecule has 6 aromatic heterocycles. The number of pyridine rings is 4. The van der Waals surface area contributed by atoms with Gasteiger partial charge < -0.3 is 26.4 Å². The van der Waals surface area contributed by atoms with Crippen LogP contribution in [0.3, 0.4) is 0 Å². The molecule has 6 heterocycles. The molecule has 9 rings (SSSR count). The van der Waals surface area contributed by atoms with E-state index in [1.807, 2.05) is 67.4 Å². The van der Waals surface area contributed by atoms with Gasteiger partial charge in [-0.2, -0.15) is 0 Å². The summed E-state index contributed by atoms with van der Waals surface area (Å²) in [4.78, 5) is 53.9. The molecule has 0 aromatic carbocycles. The lowest BCUT2D eigenvalue weighted by Gasteiger charge is -2.16. The van der Waals surface area contributed by atoms with Crippen molar-refractivity contribution in [1.29, 1.82) is 0 Å². The van der Waals surface area contributed by atoms with Crippen LogP contribution in [0, 0.1) is 0 Å². The Morgan fingerprint density at radius 2 is 1.31 bits per heavy atom. The molecule has 294 valence electrons. The molecule has 15 nitrogen and oxygen atoms in total. The maximum Gasteiger partial charge on any atom is 0.258 e. The van der Waals surface area contributed by atoms with E-state index >= 15 is 0 Å². The molecule has 2 saturated carbocycles. The molecule has 3 unspecified atom stereocenters. The maximum absolute atomic E-state index is 13.7. The SMILES string of the molecule is CSc1cnc(N[C@H]2C=C[C@H](Nc3ccc(-n4cccc(C5CC5c5cnc(N[C@H]6C[C@H](Nc7ccc(-n8ccccc8=O)cn7)CC6O)nc5)c4=O)cn3)C2)nc1. The molecular formula is C42H42N12O3S. The topological polar surface area (TPSA) is 190 Å². The largest absolute Gasteiger partial charge is 0.391 e. The van der Waals surface area contributed by atoms with Gasteiger partial charge in [0.05, 0.1) is 35.9 Å². The monoisotopic (exact) mass is 794 g/mol. The van der Waals surface area contributed by atoms with Gasteiger partial charge in [-0.3, -0.25) is 18.7 Å². The summed E-state index contributed by atoms with van der Waals surface area (Å²) in [5.41, 5.74) is 2.92. The third-order valence-electron chi connectivity index (χ3n) is 10.9. The van der Waals surface area contributed by atoms with Crippen LogP contribution in [-0.4, -0.2) is 80.7 Å². The van der Waals surface area contributed by atoms with Crippen molar-refractivity contribution < 1.29 is 5.11 Å². The number of thioether (sulfide) groups is 1. The van der Waals surface area contributed by atoms with Crippen LogP contribution in [0.5, 0.6) is 0 Å². The molecule has 3 aliphatic rings. The molecule has 0 spiro atoms. The van der Waals surface area contributed by atoms with Crippen LogP contribution in [0.25, 0.3) is 11.4 Å². The molecule has 3 aliphatic carbocycles. The predicted molar refractivity (Wildman–Crippen MR) is 224 cm³/mol. The van der Waals surface area contributed by atoms with E-state index in [1.54, 1.807) is 53.2 Å². The van der Waals surface area contributed by atoms with Crippen molar-refractivity contribution in [2.24, 2.45) is 0 Å². The minimum Gasteiger partial charge on any atom is -0.391 e. The van der Waals surface area contributed by atoms with Gasteiger partial charge in [0.1, 0.15) is 11.6 Å². The minimum absolute atomic E-state index is 0.00664. The number of hydrogen-bond donors (Lipinski definition) is 5. The second kappa shape index (κ2) is 16.2. The third-order valence-corrected chi connectivity index (χ3v) is 11.6. The first-order valence-corrected chi connectivity index (χ1v) is 20.5. The standard InChI is InChI=1S/C42H42N12O3S/c1-58-31-23-47-41(48-24-31)51-27-8-7-26(15-27)49-37-12-10-30(22-44-37)54-14-4-5-32(40(54)57)34-18-33(34)25-19-45-42(46-20-25)52-35-16-28(17-36(35)55)50-38-11-9-29(21-43-38)53-13-3-2-6-39(53)56/h2-14,19-24,26-28,33-36,55H,15-18H2,1H3,(H,43,50)(H,44,49)(H,45,46,52)(H,47,48,51)/t26-,27-,28-,33?,34?,35-,36?/m0/s1. The summed E-state index contributed by atoms with van der Waals surface area (Å²) in [7, 11) is 0. The zero-order valence-corrected chi connectivity index (χ0v) is 32.4. The van der Waals surface area contributed by atoms with E-state index in [0.29, 0.717) is 41.9 Å². The molecule has 0 radical (unpaired) electrons. The second-order valence-electron chi connectivity index (χ2n) is 14.8. The molecule has 5 N–H and O–H groups in total. The van der Waals surface area contributed by atoms with Crippen LogP contribution in [0.1, 0.15) is 48.6 Å². The van der Waals surface area contributed by atoms with E-state index in [4.69, 9.17) is 0 Å². The summed E-state index contributed by atoms with van der Waals surface area (Å²) in [6, 6.07) is 16.3. The fourth-order valence-electron chi connectivity index (χ4n) is 7.80. The van der Waals surface area contributed by atoms with Gasteiger partial charge in [0.25, 0.3) is 11.1 Å². The van der Waals surface area contributed by atoms with Crippen molar-refractivity contribution >= 4 is 35.3 Å². The highest BCUT2D eigenvalue weighted by molar-refractivity contribution is 7.98. The van der Waals surface area contributed by atoms with E-state index in [1.165, 1.54) is 10.6 Å². The summed E-state index contributed by atoms with van der Waals surface area (Å²) >= 11 is 1.61. The zero-order chi connectivity index (χ0) is 39.6. The quantitative estimate of drug-likeness (QED) is 0.0777. The van der Waals surface area contributed by atoms with Gasteiger partial charge in [0.2, 0.25) is 11.9 Å². The highest BCUT2D eigenvalue weighted by Gasteiger charge is 2.42. The van der Waals surface area contributed by atoms with Gasteiger partial charge in [-0.25, -0.2) is 29.9 Å². The number of anilines is 4. The molecule has 0 saturated heterocycles. The lowest BCUT2D eigenvalue weighted by atomic mass is 10.1. The second-order valence-corrected chi connectivity index (χ2v) is 15.7. The average molecular weight is 795 g/mol. The number of nitrogens with zero attached hydrogens (tertiary/aromatic N) is 8. The zero-order valence-electron chi connectivity index (χ0n) is 31.6. The summed E-state index contributed by atoms with van der Waals surface area (Å²) in [5, 5.41) is 24.4. The van der Waals surface area contributed by atoms with Crippen molar-refractivity contribution in [2.75, 3.05) is 27.5 Å². The van der Waals surface area contributed by atoms with Crippen LogP contribution >= 0.6 is 11.8 Å². The Labute approximate surface area is 338 Å². The van der Waals surface area contributed by atoms with Gasteiger partial charge in [-0.1, -0.05) is 24.3 Å². The lowest BCUT2D eigenvalue weighted by Crippen LogP contribution is -2.29. The Hall–Kier alpha value is -6.39. The number of aromatic nitrogens is 8. The van der Waals surface area contributed by atoms with Crippen LogP contribution in [0.4, 0.5) is 23.5 Å². The Morgan fingerprint density at radius 1 is 0.638 bits per heavy atom. The van der Waals surface area contributed by atoms with E-state index in [2.05, 4.69) is 63.3 Å².